The van der Waals surface area contributed by atoms with E-state index in [9.17, 15) is 4.79 Å². The van der Waals surface area contributed by atoms with Crippen molar-refractivity contribution in [3.05, 3.63) is 35.9 Å². The first kappa shape index (κ1) is 20.5. The molecule has 142 valence electrons. The molecule has 0 spiro atoms. The summed E-state index contributed by atoms with van der Waals surface area (Å²) in [4.78, 5) is 14.2. The Labute approximate surface area is 158 Å². The van der Waals surface area contributed by atoms with Crippen molar-refractivity contribution in [2.75, 3.05) is 6.54 Å². The van der Waals surface area contributed by atoms with Crippen LogP contribution in [-0.4, -0.2) is 38.0 Å². The number of carbonyl (C=O) groups excluding carboxylic acids is 1. The Bertz CT molecular complexity index is 649. The van der Waals surface area contributed by atoms with Crippen molar-refractivity contribution in [1.29, 1.82) is 5.26 Å². The first-order valence-corrected chi connectivity index (χ1v) is 12.1. The van der Waals surface area contributed by atoms with Gasteiger partial charge in [0.2, 0.25) is 0 Å². The van der Waals surface area contributed by atoms with Crippen LogP contribution in [0.1, 0.15) is 39.2 Å². The van der Waals surface area contributed by atoms with Gasteiger partial charge in [0.25, 0.3) is 0 Å². The molecule has 26 heavy (non-hydrogen) atoms. The molecular formula is C20H30N2O3Si. The zero-order chi connectivity index (χ0) is 19.4. The summed E-state index contributed by atoms with van der Waals surface area (Å²) in [6, 6.07) is 11.7. The average Bonchev–Trinajstić information content (AvgIpc) is 2.95. The van der Waals surface area contributed by atoms with E-state index in [2.05, 4.69) is 39.9 Å². The molecule has 1 heterocycles. The number of rotatable bonds is 5. The van der Waals surface area contributed by atoms with E-state index in [1.807, 2.05) is 30.3 Å². The summed E-state index contributed by atoms with van der Waals surface area (Å²) in [5, 5.41) is 9.23. The van der Waals surface area contributed by atoms with E-state index >= 15 is 0 Å². The summed E-state index contributed by atoms with van der Waals surface area (Å²) in [7, 11) is -1.92. The van der Waals surface area contributed by atoms with Crippen LogP contribution >= 0.6 is 0 Å². The van der Waals surface area contributed by atoms with Gasteiger partial charge in [-0.2, -0.15) is 5.26 Å². The molecule has 1 aromatic carbocycles. The molecule has 5 nitrogen and oxygen atoms in total. The molecule has 0 N–H and O–H groups in total. The summed E-state index contributed by atoms with van der Waals surface area (Å²) in [6.07, 6.45) is 0.604. The van der Waals surface area contributed by atoms with Crippen LogP contribution in [0, 0.1) is 11.3 Å². The van der Waals surface area contributed by atoms with Gasteiger partial charge >= 0.3 is 6.09 Å². The van der Waals surface area contributed by atoms with E-state index in [-0.39, 0.29) is 29.9 Å². The van der Waals surface area contributed by atoms with Gasteiger partial charge in [-0.1, -0.05) is 51.1 Å². The fourth-order valence-electron chi connectivity index (χ4n) is 2.88. The zero-order valence-corrected chi connectivity index (χ0v) is 17.5. The lowest BCUT2D eigenvalue weighted by atomic mass is 10.1. The zero-order valence-electron chi connectivity index (χ0n) is 16.5. The normalized spacial score (nSPS) is 20.7. The second-order valence-electron chi connectivity index (χ2n) is 8.44. The minimum atomic E-state index is -1.92. The van der Waals surface area contributed by atoms with Crippen LogP contribution in [0.4, 0.5) is 4.79 Å². The summed E-state index contributed by atoms with van der Waals surface area (Å²) in [5.41, 5.74) is 0.950. The summed E-state index contributed by atoms with van der Waals surface area (Å²) in [5.74, 6) is 0. The Morgan fingerprint density at radius 2 is 1.96 bits per heavy atom. The lowest BCUT2D eigenvalue weighted by Crippen LogP contribution is -2.44. The van der Waals surface area contributed by atoms with Gasteiger partial charge in [0.05, 0.1) is 24.6 Å². The molecule has 1 amide bonds. The Hall–Kier alpha value is -1.84. The second-order valence-corrected chi connectivity index (χ2v) is 13.2. The quantitative estimate of drug-likeness (QED) is 0.701. The predicted molar refractivity (Wildman–Crippen MR) is 104 cm³/mol. The SMILES string of the molecule is CC(C)(C)[Si](C)(C)O[C@@H]1C[C@H](CC#N)N(C(=O)OCc2ccccc2)C1. The number of nitrogens with zero attached hydrogens (tertiary/aromatic N) is 2. The maximum absolute atomic E-state index is 12.6. The topological polar surface area (TPSA) is 62.6 Å². The third-order valence-corrected chi connectivity index (χ3v) is 9.95. The van der Waals surface area contributed by atoms with Gasteiger partial charge in [-0.3, -0.25) is 0 Å². The number of nitriles is 1. The smallest absolute Gasteiger partial charge is 0.410 e. The molecule has 0 aliphatic carbocycles. The van der Waals surface area contributed by atoms with Gasteiger partial charge in [-0.05, 0) is 30.1 Å². The fraction of sp³-hybridized carbons (Fsp3) is 0.600. The van der Waals surface area contributed by atoms with Crippen molar-refractivity contribution in [3.63, 3.8) is 0 Å². The number of benzene rings is 1. The van der Waals surface area contributed by atoms with Crippen LogP contribution in [0.3, 0.4) is 0 Å². The van der Waals surface area contributed by atoms with Gasteiger partial charge in [-0.25, -0.2) is 4.79 Å². The molecule has 1 aromatic rings. The van der Waals surface area contributed by atoms with Gasteiger partial charge in [0, 0.05) is 6.54 Å². The number of hydrogen-bond donors (Lipinski definition) is 0. The van der Waals surface area contributed by atoms with E-state index in [0.29, 0.717) is 19.4 Å². The number of amides is 1. The van der Waals surface area contributed by atoms with Crippen LogP contribution < -0.4 is 0 Å². The van der Waals surface area contributed by atoms with Crippen molar-refractivity contribution >= 4 is 14.4 Å². The lowest BCUT2D eigenvalue weighted by molar-refractivity contribution is 0.0887. The molecule has 2 atom stereocenters. The van der Waals surface area contributed by atoms with Crippen molar-refractivity contribution in [3.8, 4) is 6.07 Å². The summed E-state index contributed by atoms with van der Waals surface area (Å²) >= 11 is 0. The molecule has 0 unspecified atom stereocenters. The first-order valence-electron chi connectivity index (χ1n) is 9.16. The number of hydrogen-bond acceptors (Lipinski definition) is 4. The minimum absolute atomic E-state index is 0.0292. The number of likely N-dealkylation sites (tertiary alicyclic amines) is 1. The summed E-state index contributed by atoms with van der Waals surface area (Å²) in [6.45, 7) is 11.8. The molecule has 1 aliphatic heterocycles. The molecule has 0 radical (unpaired) electrons. The van der Waals surface area contributed by atoms with Crippen LogP contribution in [0.5, 0.6) is 0 Å². The van der Waals surface area contributed by atoms with E-state index < -0.39 is 8.32 Å². The fourth-order valence-corrected chi connectivity index (χ4v) is 4.23. The molecule has 0 aromatic heterocycles. The van der Waals surface area contributed by atoms with E-state index in [4.69, 9.17) is 14.4 Å². The highest BCUT2D eigenvalue weighted by Gasteiger charge is 2.43. The summed E-state index contributed by atoms with van der Waals surface area (Å²) < 4.78 is 11.9. The van der Waals surface area contributed by atoms with Gasteiger partial charge in [0.1, 0.15) is 6.61 Å². The maximum atomic E-state index is 12.6. The van der Waals surface area contributed by atoms with E-state index in [1.54, 1.807) is 4.90 Å². The van der Waals surface area contributed by atoms with Crippen molar-refractivity contribution in [2.24, 2.45) is 0 Å². The van der Waals surface area contributed by atoms with E-state index in [0.717, 1.165) is 5.56 Å². The molecule has 6 heteroatoms. The second kappa shape index (κ2) is 8.23. The first-order chi connectivity index (χ1) is 12.1. The Kier molecular flexibility index (Phi) is 6.48. The molecule has 0 saturated carbocycles. The van der Waals surface area contributed by atoms with Crippen LogP contribution in [-0.2, 0) is 15.8 Å². The van der Waals surface area contributed by atoms with Gasteiger partial charge in [-0.15, -0.1) is 0 Å². The van der Waals surface area contributed by atoms with Crippen LogP contribution in [0.25, 0.3) is 0 Å². The molecule has 1 aliphatic rings. The molecular weight excluding hydrogens is 344 g/mol. The minimum Gasteiger partial charge on any atom is -0.445 e. The Morgan fingerprint density at radius 3 is 2.54 bits per heavy atom. The Morgan fingerprint density at radius 1 is 1.31 bits per heavy atom. The monoisotopic (exact) mass is 374 g/mol. The van der Waals surface area contributed by atoms with Crippen molar-refractivity contribution in [1.82, 2.24) is 4.90 Å². The number of carbonyl (C=O) groups is 1. The van der Waals surface area contributed by atoms with Crippen LogP contribution in [0.15, 0.2) is 30.3 Å². The molecule has 1 fully saturated rings. The standard InChI is InChI=1S/C20H30N2O3Si/c1-20(2,3)26(4,5)25-18-13-17(11-12-21)22(14-18)19(23)24-15-16-9-7-6-8-10-16/h6-10,17-18H,11,13-15H2,1-5H3/t17-,18+/m0/s1. The largest absolute Gasteiger partial charge is 0.445 e. The molecule has 2 rings (SSSR count). The molecule has 1 saturated heterocycles. The van der Waals surface area contributed by atoms with Crippen molar-refractivity contribution in [2.45, 2.75) is 70.5 Å². The van der Waals surface area contributed by atoms with Crippen molar-refractivity contribution < 1.29 is 14.0 Å². The number of ether oxygens (including phenoxy) is 1. The van der Waals surface area contributed by atoms with Gasteiger partial charge < -0.3 is 14.1 Å². The molecule has 0 bridgehead atoms. The highest BCUT2D eigenvalue weighted by Crippen LogP contribution is 2.39. The third kappa shape index (κ3) is 5.09. The lowest BCUT2D eigenvalue weighted by Gasteiger charge is -2.38. The average molecular weight is 375 g/mol. The third-order valence-electron chi connectivity index (χ3n) is 5.41. The van der Waals surface area contributed by atoms with Crippen LogP contribution in [0.2, 0.25) is 18.1 Å². The van der Waals surface area contributed by atoms with E-state index in [1.165, 1.54) is 0 Å². The highest BCUT2D eigenvalue weighted by molar-refractivity contribution is 6.74. The van der Waals surface area contributed by atoms with Gasteiger partial charge in [0.15, 0.2) is 8.32 Å². The highest BCUT2D eigenvalue weighted by atomic mass is 28.4. The Balaban J connectivity index is 2.00. The maximum Gasteiger partial charge on any atom is 0.410 e. The predicted octanol–water partition coefficient (Wildman–Crippen LogP) is 4.70.